The third-order valence-electron chi connectivity index (χ3n) is 3.07. The Morgan fingerprint density at radius 1 is 1.00 bits per heavy atom. The van der Waals surface area contributed by atoms with Gasteiger partial charge >= 0.3 is 6.03 Å². The van der Waals surface area contributed by atoms with Crippen molar-refractivity contribution in [1.29, 1.82) is 0 Å². The molecule has 2 aromatic rings. The SMILES string of the molecule is CCOCCNC(=O)NCc1cccc(Oc2ccccc2)c1. The average Bonchev–Trinajstić information content (AvgIpc) is 2.58. The van der Waals surface area contributed by atoms with Crippen LogP contribution in [-0.2, 0) is 11.3 Å². The van der Waals surface area contributed by atoms with Crippen LogP contribution in [0.2, 0.25) is 0 Å². The Morgan fingerprint density at radius 3 is 2.57 bits per heavy atom. The number of ether oxygens (including phenoxy) is 2. The van der Waals surface area contributed by atoms with Crippen molar-refractivity contribution >= 4 is 6.03 Å². The molecule has 0 aliphatic heterocycles. The van der Waals surface area contributed by atoms with Gasteiger partial charge in [-0.15, -0.1) is 0 Å². The van der Waals surface area contributed by atoms with Crippen LogP contribution in [0.1, 0.15) is 12.5 Å². The van der Waals surface area contributed by atoms with Gasteiger partial charge in [0, 0.05) is 19.7 Å². The smallest absolute Gasteiger partial charge is 0.315 e. The Kier molecular flexibility index (Phi) is 6.94. The van der Waals surface area contributed by atoms with Crippen molar-refractivity contribution in [2.45, 2.75) is 13.5 Å². The molecule has 0 aliphatic carbocycles. The number of hydrogen-bond acceptors (Lipinski definition) is 3. The third-order valence-corrected chi connectivity index (χ3v) is 3.07. The number of nitrogens with one attached hydrogen (secondary N) is 2. The number of urea groups is 1. The number of amides is 2. The van der Waals surface area contributed by atoms with E-state index in [9.17, 15) is 4.79 Å². The van der Waals surface area contributed by atoms with E-state index in [1.54, 1.807) is 0 Å². The molecule has 0 saturated carbocycles. The van der Waals surface area contributed by atoms with Crippen LogP contribution in [0, 0.1) is 0 Å². The zero-order valence-corrected chi connectivity index (χ0v) is 13.2. The minimum absolute atomic E-state index is 0.209. The van der Waals surface area contributed by atoms with E-state index >= 15 is 0 Å². The molecule has 0 unspecified atom stereocenters. The van der Waals surface area contributed by atoms with E-state index in [2.05, 4.69) is 10.6 Å². The fourth-order valence-electron chi connectivity index (χ4n) is 1.97. The highest BCUT2D eigenvalue weighted by Gasteiger charge is 2.02. The minimum Gasteiger partial charge on any atom is -0.457 e. The second kappa shape index (κ2) is 9.48. The van der Waals surface area contributed by atoms with Gasteiger partial charge in [0.1, 0.15) is 11.5 Å². The van der Waals surface area contributed by atoms with Crippen molar-refractivity contribution in [2.24, 2.45) is 0 Å². The third kappa shape index (κ3) is 6.40. The molecule has 23 heavy (non-hydrogen) atoms. The fourth-order valence-corrected chi connectivity index (χ4v) is 1.97. The Labute approximate surface area is 136 Å². The lowest BCUT2D eigenvalue weighted by atomic mass is 10.2. The van der Waals surface area contributed by atoms with Crippen LogP contribution in [0.25, 0.3) is 0 Å². The van der Waals surface area contributed by atoms with Crippen LogP contribution in [0.4, 0.5) is 4.79 Å². The van der Waals surface area contributed by atoms with Gasteiger partial charge in [-0.1, -0.05) is 30.3 Å². The van der Waals surface area contributed by atoms with E-state index in [1.165, 1.54) is 0 Å². The van der Waals surface area contributed by atoms with Gasteiger partial charge in [0.25, 0.3) is 0 Å². The maximum absolute atomic E-state index is 11.6. The van der Waals surface area contributed by atoms with Crippen molar-refractivity contribution in [3.63, 3.8) is 0 Å². The second-order valence-corrected chi connectivity index (χ2v) is 4.87. The maximum Gasteiger partial charge on any atom is 0.315 e. The minimum atomic E-state index is -0.209. The summed E-state index contributed by atoms with van der Waals surface area (Å²) in [5.41, 5.74) is 0.971. The van der Waals surface area contributed by atoms with Crippen molar-refractivity contribution in [3.8, 4) is 11.5 Å². The van der Waals surface area contributed by atoms with Gasteiger partial charge in [0.15, 0.2) is 0 Å². The Bertz CT molecular complexity index is 602. The van der Waals surface area contributed by atoms with Gasteiger partial charge in [-0.05, 0) is 36.8 Å². The highest BCUT2D eigenvalue weighted by molar-refractivity contribution is 5.73. The van der Waals surface area contributed by atoms with Crippen molar-refractivity contribution in [3.05, 3.63) is 60.2 Å². The maximum atomic E-state index is 11.6. The largest absolute Gasteiger partial charge is 0.457 e. The standard InChI is InChI=1S/C18H22N2O3/c1-2-22-12-11-19-18(21)20-14-15-7-6-10-17(13-15)23-16-8-4-3-5-9-16/h3-10,13H,2,11-12,14H2,1H3,(H2,19,20,21). The van der Waals surface area contributed by atoms with Gasteiger partial charge in [-0.2, -0.15) is 0 Å². The summed E-state index contributed by atoms with van der Waals surface area (Å²) >= 11 is 0. The van der Waals surface area contributed by atoms with Crippen molar-refractivity contribution in [2.75, 3.05) is 19.8 Å². The summed E-state index contributed by atoms with van der Waals surface area (Å²) in [4.78, 5) is 11.6. The van der Waals surface area contributed by atoms with E-state index in [0.29, 0.717) is 26.3 Å². The van der Waals surface area contributed by atoms with E-state index in [0.717, 1.165) is 17.1 Å². The summed E-state index contributed by atoms with van der Waals surface area (Å²) in [5.74, 6) is 1.53. The lowest BCUT2D eigenvalue weighted by Crippen LogP contribution is -2.36. The molecule has 2 N–H and O–H groups in total. The summed E-state index contributed by atoms with van der Waals surface area (Å²) < 4.78 is 10.9. The van der Waals surface area contributed by atoms with Crippen LogP contribution < -0.4 is 15.4 Å². The van der Waals surface area contributed by atoms with E-state index in [4.69, 9.17) is 9.47 Å². The molecule has 0 radical (unpaired) electrons. The lowest BCUT2D eigenvalue weighted by Gasteiger charge is -2.10. The Hall–Kier alpha value is -2.53. The molecular weight excluding hydrogens is 292 g/mol. The molecular formula is C18H22N2O3. The summed E-state index contributed by atoms with van der Waals surface area (Å²) in [7, 11) is 0. The summed E-state index contributed by atoms with van der Waals surface area (Å²) in [6, 6.07) is 17.0. The number of carbonyl (C=O) groups is 1. The predicted octanol–water partition coefficient (Wildman–Crippen LogP) is 3.31. The van der Waals surface area contributed by atoms with E-state index in [-0.39, 0.29) is 6.03 Å². The van der Waals surface area contributed by atoms with Gasteiger partial charge in [-0.3, -0.25) is 0 Å². The molecule has 0 bridgehead atoms. The highest BCUT2D eigenvalue weighted by atomic mass is 16.5. The first-order valence-corrected chi connectivity index (χ1v) is 7.69. The molecule has 0 atom stereocenters. The molecule has 0 aromatic heterocycles. The Morgan fingerprint density at radius 2 is 1.78 bits per heavy atom. The van der Waals surface area contributed by atoms with Gasteiger partial charge in [0.05, 0.1) is 6.61 Å². The molecule has 2 amide bonds. The fraction of sp³-hybridized carbons (Fsp3) is 0.278. The molecule has 2 aromatic carbocycles. The second-order valence-electron chi connectivity index (χ2n) is 4.87. The van der Waals surface area contributed by atoms with Gasteiger partial charge in [-0.25, -0.2) is 4.79 Å². The molecule has 0 fully saturated rings. The number of carbonyl (C=O) groups excluding carboxylic acids is 1. The normalized spacial score (nSPS) is 10.1. The number of rotatable bonds is 8. The van der Waals surface area contributed by atoms with Gasteiger partial charge in [0.2, 0.25) is 0 Å². The first-order valence-electron chi connectivity index (χ1n) is 7.69. The van der Waals surface area contributed by atoms with E-state index < -0.39 is 0 Å². The number of benzene rings is 2. The first kappa shape index (κ1) is 16.8. The number of para-hydroxylation sites is 1. The molecule has 5 heteroatoms. The molecule has 5 nitrogen and oxygen atoms in total. The van der Waals surface area contributed by atoms with Crippen molar-refractivity contribution < 1.29 is 14.3 Å². The lowest BCUT2D eigenvalue weighted by molar-refractivity contribution is 0.149. The zero-order valence-electron chi connectivity index (χ0n) is 13.2. The zero-order chi connectivity index (χ0) is 16.3. The number of hydrogen-bond donors (Lipinski definition) is 2. The van der Waals surface area contributed by atoms with E-state index in [1.807, 2.05) is 61.5 Å². The van der Waals surface area contributed by atoms with Gasteiger partial charge < -0.3 is 20.1 Å². The monoisotopic (exact) mass is 314 g/mol. The van der Waals surface area contributed by atoms with Crippen LogP contribution in [0.5, 0.6) is 11.5 Å². The first-order chi connectivity index (χ1) is 11.3. The molecule has 0 heterocycles. The molecule has 0 spiro atoms. The summed E-state index contributed by atoms with van der Waals surface area (Å²) in [6.45, 7) is 4.02. The molecule has 2 rings (SSSR count). The quantitative estimate of drug-likeness (QED) is 0.735. The molecule has 122 valence electrons. The highest BCUT2D eigenvalue weighted by Crippen LogP contribution is 2.21. The van der Waals surface area contributed by atoms with Crippen LogP contribution in [-0.4, -0.2) is 25.8 Å². The molecule has 0 aliphatic rings. The summed E-state index contributed by atoms with van der Waals surface area (Å²) in [6.07, 6.45) is 0. The topological polar surface area (TPSA) is 59.6 Å². The van der Waals surface area contributed by atoms with Crippen LogP contribution >= 0.6 is 0 Å². The summed E-state index contributed by atoms with van der Waals surface area (Å²) in [5, 5.41) is 5.54. The van der Waals surface area contributed by atoms with Crippen molar-refractivity contribution in [1.82, 2.24) is 10.6 Å². The average molecular weight is 314 g/mol. The predicted molar refractivity (Wildman–Crippen MR) is 89.7 cm³/mol. The van der Waals surface area contributed by atoms with Crippen LogP contribution in [0.15, 0.2) is 54.6 Å². The molecule has 0 saturated heterocycles. The van der Waals surface area contributed by atoms with Crippen LogP contribution in [0.3, 0.4) is 0 Å². The Balaban J connectivity index is 1.79.